The van der Waals surface area contributed by atoms with E-state index in [0.717, 1.165) is 0 Å². The van der Waals surface area contributed by atoms with Crippen LogP contribution in [0.2, 0.25) is 0 Å². The number of hydrogen-bond acceptors (Lipinski definition) is 13. The molecule has 0 rings (SSSR count). The molecular weight excluding hydrogens is 415 g/mol. The van der Waals surface area contributed by atoms with Crippen LogP contribution in [0.4, 0.5) is 0 Å². The van der Waals surface area contributed by atoms with Gasteiger partial charge in [-0.25, -0.2) is 4.57 Å². The number of phosphoric acid groups is 1. The largest absolute Gasteiger partial charge is 0.469 e. The van der Waals surface area contributed by atoms with Crippen LogP contribution >= 0.6 is 7.82 Å². The predicted octanol–water partition coefficient (Wildman–Crippen LogP) is -6.64. The van der Waals surface area contributed by atoms with Gasteiger partial charge in [0.15, 0.2) is 12.1 Å². The molecule has 0 bridgehead atoms. The van der Waals surface area contributed by atoms with Crippen LogP contribution in [0.5, 0.6) is 0 Å². The molecule has 0 aromatic heterocycles. The van der Waals surface area contributed by atoms with Gasteiger partial charge in [0.1, 0.15) is 49.3 Å². The van der Waals surface area contributed by atoms with Crippen LogP contribution in [-0.2, 0) is 18.7 Å². The second-order valence-electron chi connectivity index (χ2n) is 5.27. The van der Waals surface area contributed by atoms with E-state index in [2.05, 4.69) is 4.52 Å². The van der Waals surface area contributed by atoms with E-state index >= 15 is 0 Å². The molecule has 0 saturated heterocycles. The lowest BCUT2D eigenvalue weighted by atomic mass is 10.0. The summed E-state index contributed by atoms with van der Waals surface area (Å²) in [6, 6.07) is 0. The topological polar surface area (TPSA) is 283 Å². The Morgan fingerprint density at radius 1 is 0.893 bits per heavy atom. The van der Waals surface area contributed by atoms with Gasteiger partial charge in [-0.3, -0.25) is 9.32 Å². The van der Waals surface area contributed by atoms with Crippen molar-refractivity contribution in [2.24, 2.45) is 0 Å². The molecule has 0 spiro atoms. The number of rotatable bonds is 12. The number of aliphatic hydroxyl groups excluding tert-OH is 9. The van der Waals surface area contributed by atoms with Crippen LogP contribution in [0.1, 0.15) is 0 Å². The van der Waals surface area contributed by atoms with Gasteiger partial charge in [-0.2, -0.15) is 0 Å². The van der Waals surface area contributed by atoms with Gasteiger partial charge >= 0.3 is 7.82 Å². The van der Waals surface area contributed by atoms with E-state index in [-0.39, 0.29) is 6.29 Å². The summed E-state index contributed by atoms with van der Waals surface area (Å²) in [6.45, 7) is -2.77. The van der Waals surface area contributed by atoms with Crippen molar-refractivity contribution in [3.8, 4) is 0 Å². The number of carbonyl (C=O) groups is 2. The van der Waals surface area contributed by atoms with Gasteiger partial charge in [-0.05, 0) is 0 Å². The van der Waals surface area contributed by atoms with Gasteiger partial charge in [0.05, 0.1) is 13.2 Å². The molecular formula is C12H25O15P. The third-order valence-corrected chi connectivity index (χ3v) is 3.52. The Hall–Kier alpha value is -0.910. The van der Waals surface area contributed by atoms with Crippen LogP contribution in [0.25, 0.3) is 0 Å². The van der Waals surface area contributed by atoms with Gasteiger partial charge in [0, 0.05) is 0 Å². The van der Waals surface area contributed by atoms with E-state index in [9.17, 15) is 14.2 Å². The highest BCUT2D eigenvalue weighted by molar-refractivity contribution is 7.46. The van der Waals surface area contributed by atoms with Crippen molar-refractivity contribution in [3.63, 3.8) is 0 Å². The molecule has 0 aromatic carbocycles. The Morgan fingerprint density at radius 2 is 1.39 bits per heavy atom. The van der Waals surface area contributed by atoms with Crippen LogP contribution < -0.4 is 0 Å². The fourth-order valence-corrected chi connectivity index (χ4v) is 1.73. The molecule has 0 amide bonds. The van der Waals surface area contributed by atoms with Crippen molar-refractivity contribution in [1.82, 2.24) is 0 Å². The fourth-order valence-electron chi connectivity index (χ4n) is 1.38. The maximum atomic E-state index is 10.7. The number of aliphatic hydroxyl groups is 9. The molecule has 0 radical (unpaired) electrons. The first-order chi connectivity index (χ1) is 12.7. The molecule has 0 aliphatic carbocycles. The third kappa shape index (κ3) is 11.8. The van der Waals surface area contributed by atoms with Crippen molar-refractivity contribution in [2.45, 2.75) is 42.7 Å². The zero-order chi connectivity index (χ0) is 22.7. The normalized spacial score (nSPS) is 19.2. The van der Waals surface area contributed by atoms with Crippen LogP contribution in [0.15, 0.2) is 0 Å². The Labute approximate surface area is 157 Å². The van der Waals surface area contributed by atoms with E-state index in [4.69, 9.17) is 55.7 Å². The SMILES string of the molecule is O=C(CO)[C@@H](O)[C@H](O)[C@H](O)COP(=O)(O)O.O=C[C@H](O)[C@@H](O)[C@H](O)[C@H](O)CO. The van der Waals surface area contributed by atoms with E-state index in [1.165, 1.54) is 0 Å². The molecule has 0 aliphatic heterocycles. The maximum Gasteiger partial charge on any atom is 0.469 e. The number of Topliss-reactive ketones (excluding diaryl/α,β-unsaturated/α-hetero) is 1. The minimum Gasteiger partial charge on any atom is -0.394 e. The fraction of sp³-hybridized carbons (Fsp3) is 0.833. The highest BCUT2D eigenvalue weighted by Crippen LogP contribution is 2.35. The van der Waals surface area contributed by atoms with Crippen molar-refractivity contribution >= 4 is 19.9 Å². The molecule has 168 valence electrons. The Kier molecular flexibility index (Phi) is 14.8. The highest BCUT2D eigenvalue weighted by atomic mass is 31.2. The summed E-state index contributed by atoms with van der Waals surface area (Å²) in [5, 5.41) is 79.1. The maximum absolute atomic E-state index is 10.7. The number of hydrogen-bond donors (Lipinski definition) is 11. The molecule has 0 fully saturated rings. The molecule has 15 nitrogen and oxygen atoms in total. The van der Waals surface area contributed by atoms with Gasteiger partial charge in [-0.15, -0.1) is 0 Å². The first kappa shape index (κ1) is 29.3. The summed E-state index contributed by atoms with van der Waals surface area (Å²) < 4.78 is 14.1. The number of aldehydes is 1. The summed E-state index contributed by atoms with van der Waals surface area (Å²) >= 11 is 0. The van der Waals surface area contributed by atoms with Crippen molar-refractivity contribution in [1.29, 1.82) is 0 Å². The molecule has 0 saturated carbocycles. The number of ketones is 1. The van der Waals surface area contributed by atoms with E-state index in [1.54, 1.807) is 0 Å². The third-order valence-electron chi connectivity index (χ3n) is 3.04. The second kappa shape index (κ2) is 14.1. The molecule has 7 atom stereocenters. The first-order valence-electron chi connectivity index (χ1n) is 7.39. The molecule has 28 heavy (non-hydrogen) atoms. The minimum absolute atomic E-state index is 0.0258. The smallest absolute Gasteiger partial charge is 0.394 e. The van der Waals surface area contributed by atoms with Crippen molar-refractivity contribution in [3.05, 3.63) is 0 Å². The quantitative estimate of drug-likeness (QED) is 0.0993. The minimum atomic E-state index is -4.81. The standard InChI is InChI=1S/C6H13O9P.C6H12O6/c7-1-3(8)5(10)6(11)4(9)2-15-16(12,13)14;7-1-3(9)5(11)6(12)4(10)2-8/h4-7,9-11H,1-2H2,(H2,12,13,14);1,3-6,8-12H,2H2/t4-,5-,6-;3-,4+,5+,6+/m10/s1. The molecule has 0 heterocycles. The van der Waals surface area contributed by atoms with Gasteiger partial charge in [0.25, 0.3) is 0 Å². The lowest BCUT2D eigenvalue weighted by Gasteiger charge is -2.22. The number of carbonyl (C=O) groups excluding carboxylic acids is 2. The van der Waals surface area contributed by atoms with E-state index in [1.807, 2.05) is 0 Å². The highest BCUT2D eigenvalue weighted by Gasteiger charge is 2.31. The Balaban J connectivity index is 0. The Bertz CT molecular complexity index is 495. The molecule has 0 aliphatic rings. The van der Waals surface area contributed by atoms with Crippen LogP contribution in [0, 0.1) is 0 Å². The Morgan fingerprint density at radius 3 is 1.75 bits per heavy atom. The lowest BCUT2D eigenvalue weighted by molar-refractivity contribution is -0.142. The molecule has 0 unspecified atom stereocenters. The molecule has 16 heteroatoms. The van der Waals surface area contributed by atoms with E-state index < -0.39 is 76.2 Å². The summed E-state index contributed by atoms with van der Waals surface area (Å²) in [4.78, 5) is 37.1. The average molecular weight is 440 g/mol. The van der Waals surface area contributed by atoms with Crippen molar-refractivity contribution < 1.29 is 74.4 Å². The van der Waals surface area contributed by atoms with Gasteiger partial charge in [0.2, 0.25) is 0 Å². The zero-order valence-corrected chi connectivity index (χ0v) is 15.1. The second-order valence-corrected chi connectivity index (χ2v) is 6.51. The number of phosphoric ester groups is 1. The average Bonchev–Trinajstić information content (AvgIpc) is 2.67. The van der Waals surface area contributed by atoms with Gasteiger partial charge in [-0.1, -0.05) is 0 Å². The summed E-state index contributed by atoms with van der Waals surface area (Å²) in [5.41, 5.74) is 0. The van der Waals surface area contributed by atoms with Crippen molar-refractivity contribution in [2.75, 3.05) is 19.8 Å². The van der Waals surface area contributed by atoms with E-state index in [0.29, 0.717) is 0 Å². The van der Waals surface area contributed by atoms with Crippen LogP contribution in [0.3, 0.4) is 0 Å². The molecule has 11 N–H and O–H groups in total. The lowest BCUT2D eigenvalue weighted by Crippen LogP contribution is -2.46. The monoisotopic (exact) mass is 440 g/mol. The molecule has 0 aromatic rings. The summed E-state index contributed by atoms with van der Waals surface area (Å²) in [7, 11) is -4.81. The first-order valence-corrected chi connectivity index (χ1v) is 8.92. The zero-order valence-electron chi connectivity index (χ0n) is 14.2. The van der Waals surface area contributed by atoms with Gasteiger partial charge < -0.3 is 60.5 Å². The summed E-state index contributed by atoms with van der Waals surface area (Å²) in [5.74, 6) is -1.14. The van der Waals surface area contributed by atoms with Crippen LogP contribution in [-0.4, -0.2) is 130 Å². The predicted molar refractivity (Wildman–Crippen MR) is 85.3 cm³/mol. The summed E-state index contributed by atoms with van der Waals surface area (Å²) in [6.07, 6.45) is -12.8.